The second-order valence-electron chi connectivity index (χ2n) is 18.7. The highest BCUT2D eigenvalue weighted by molar-refractivity contribution is 6.23. The monoisotopic (exact) mass is 825 g/mol. The molecule has 5 heteroatoms. The summed E-state index contributed by atoms with van der Waals surface area (Å²) in [6.45, 7) is 9.64. The van der Waals surface area contributed by atoms with Gasteiger partial charge in [0.05, 0.1) is 22.1 Å². The zero-order chi connectivity index (χ0) is 43.2. The molecule has 64 heavy (non-hydrogen) atoms. The number of hydrogen-bond donors (Lipinski definition) is 0. The van der Waals surface area contributed by atoms with Crippen LogP contribution in [0.25, 0.3) is 100 Å². The number of aromatic nitrogens is 5. The lowest BCUT2D eigenvalue weighted by Crippen LogP contribution is -2.34. The van der Waals surface area contributed by atoms with Crippen molar-refractivity contribution in [2.24, 2.45) is 0 Å². The molecule has 1 aliphatic rings. The first-order chi connectivity index (χ1) is 31.2. The SMILES string of the molecule is CC1(C)CCC(C)(C)c2c(-c3ccc(-c4cccc(-n5c6ccccc6c6ccc7c8ccccc8n(-c8nc(-c9ccccc9)nc(-c9ccccc9)n8)c7c65)c4)cc3)cccc21. The normalized spacial score (nSPS) is 14.4. The summed E-state index contributed by atoms with van der Waals surface area (Å²) in [6.07, 6.45) is 2.39. The average Bonchev–Trinajstić information content (AvgIpc) is 3.87. The fourth-order valence-corrected chi connectivity index (χ4v) is 10.5. The van der Waals surface area contributed by atoms with Gasteiger partial charge in [0, 0.05) is 38.4 Å². The number of nitrogens with zero attached hydrogens (tertiary/aromatic N) is 5. The second-order valence-corrected chi connectivity index (χ2v) is 18.7. The molecule has 0 N–H and O–H groups in total. The molecule has 8 aromatic carbocycles. The summed E-state index contributed by atoms with van der Waals surface area (Å²) in [5, 5.41) is 4.63. The van der Waals surface area contributed by atoms with Crippen molar-refractivity contribution in [2.75, 3.05) is 0 Å². The first-order valence-electron chi connectivity index (χ1n) is 22.4. The van der Waals surface area contributed by atoms with Crippen molar-refractivity contribution in [3.05, 3.63) is 199 Å². The highest BCUT2D eigenvalue weighted by Gasteiger charge is 2.38. The third kappa shape index (κ3) is 6.02. The van der Waals surface area contributed by atoms with Gasteiger partial charge < -0.3 is 4.57 Å². The highest BCUT2D eigenvalue weighted by Crippen LogP contribution is 2.49. The number of benzene rings is 8. The Kier molecular flexibility index (Phi) is 8.61. The van der Waals surface area contributed by atoms with Crippen molar-refractivity contribution >= 4 is 43.6 Å². The van der Waals surface area contributed by atoms with E-state index >= 15 is 0 Å². The van der Waals surface area contributed by atoms with Crippen LogP contribution < -0.4 is 0 Å². The zero-order valence-electron chi connectivity index (χ0n) is 36.5. The van der Waals surface area contributed by atoms with E-state index in [0.29, 0.717) is 17.6 Å². The van der Waals surface area contributed by atoms with E-state index in [-0.39, 0.29) is 10.8 Å². The van der Waals surface area contributed by atoms with Gasteiger partial charge in [-0.2, -0.15) is 9.97 Å². The molecule has 1 aliphatic carbocycles. The highest BCUT2D eigenvalue weighted by atomic mass is 15.2. The first kappa shape index (κ1) is 38.1. The van der Waals surface area contributed by atoms with E-state index in [9.17, 15) is 0 Å². The van der Waals surface area contributed by atoms with Gasteiger partial charge in [-0.05, 0) is 81.3 Å². The van der Waals surface area contributed by atoms with Crippen LogP contribution in [-0.2, 0) is 10.8 Å². The number of para-hydroxylation sites is 2. The van der Waals surface area contributed by atoms with Crippen LogP contribution in [0.5, 0.6) is 0 Å². The molecule has 3 aromatic heterocycles. The molecule has 0 fully saturated rings. The minimum atomic E-state index is 0.117. The minimum Gasteiger partial charge on any atom is -0.307 e. The zero-order valence-corrected chi connectivity index (χ0v) is 36.5. The van der Waals surface area contributed by atoms with Gasteiger partial charge in [-0.25, -0.2) is 4.98 Å². The van der Waals surface area contributed by atoms with E-state index in [1.807, 2.05) is 36.4 Å². The molecule has 0 atom stereocenters. The summed E-state index contributed by atoms with van der Waals surface area (Å²) >= 11 is 0. The molecule has 0 radical (unpaired) electrons. The molecule has 0 unspecified atom stereocenters. The molecule has 3 heterocycles. The van der Waals surface area contributed by atoms with Gasteiger partial charge in [0.2, 0.25) is 5.95 Å². The van der Waals surface area contributed by atoms with Crippen molar-refractivity contribution in [1.29, 1.82) is 0 Å². The van der Waals surface area contributed by atoms with E-state index in [1.54, 1.807) is 0 Å². The molecule has 5 nitrogen and oxygen atoms in total. The molecule has 0 saturated carbocycles. The molecule has 0 amide bonds. The standard InChI is InChI=1S/C59H47N5/c1-58(2)35-36-59(3,4)52-44(25-16-26-49(52)58)39-31-29-38(30-32-39)42-21-15-22-43(37-42)63-50-27-13-11-23-45(50)47-33-34-48-46-24-12-14-28-51(46)64(54(48)53(47)63)57-61-55(40-17-7-5-8-18-40)60-56(62-57)41-19-9-6-10-20-41/h5-34,37H,35-36H2,1-4H3. The first-order valence-corrected chi connectivity index (χ1v) is 22.4. The Labute approximate surface area is 373 Å². The second kappa shape index (κ2) is 14.5. The van der Waals surface area contributed by atoms with Gasteiger partial charge in [0.1, 0.15) is 0 Å². The number of hydrogen-bond acceptors (Lipinski definition) is 3. The summed E-state index contributed by atoms with van der Waals surface area (Å²) in [7, 11) is 0. The maximum Gasteiger partial charge on any atom is 0.238 e. The largest absolute Gasteiger partial charge is 0.307 e. The fraction of sp³-hybridized carbons (Fsp3) is 0.136. The lowest BCUT2D eigenvalue weighted by atomic mass is 9.61. The van der Waals surface area contributed by atoms with E-state index in [1.165, 1.54) is 51.4 Å². The van der Waals surface area contributed by atoms with Gasteiger partial charge in [-0.1, -0.05) is 191 Å². The maximum atomic E-state index is 5.29. The molecule has 0 saturated heterocycles. The van der Waals surface area contributed by atoms with E-state index in [2.05, 4.69) is 188 Å². The van der Waals surface area contributed by atoms with Gasteiger partial charge in [0.25, 0.3) is 0 Å². The van der Waals surface area contributed by atoms with E-state index < -0.39 is 0 Å². The number of rotatable bonds is 6. The lowest BCUT2D eigenvalue weighted by molar-refractivity contribution is 0.333. The van der Waals surface area contributed by atoms with Crippen LogP contribution in [0.3, 0.4) is 0 Å². The predicted octanol–water partition coefficient (Wildman–Crippen LogP) is 15.1. The molecule has 11 aromatic rings. The molecule has 0 spiro atoms. The molecule has 308 valence electrons. The number of fused-ring (bicyclic) bond motifs is 8. The Morgan fingerprint density at radius 2 is 0.906 bits per heavy atom. The third-order valence-corrected chi connectivity index (χ3v) is 13.8. The summed E-state index contributed by atoms with van der Waals surface area (Å²) in [5.74, 6) is 1.83. The molecule has 0 bridgehead atoms. The van der Waals surface area contributed by atoms with Crippen molar-refractivity contribution < 1.29 is 0 Å². The molecular formula is C59H47N5. The van der Waals surface area contributed by atoms with Crippen LogP contribution in [0.15, 0.2) is 188 Å². The minimum absolute atomic E-state index is 0.117. The van der Waals surface area contributed by atoms with Crippen molar-refractivity contribution in [1.82, 2.24) is 24.1 Å². The Bertz CT molecular complexity index is 3540. The van der Waals surface area contributed by atoms with Crippen LogP contribution in [0.2, 0.25) is 0 Å². The summed E-state index contributed by atoms with van der Waals surface area (Å²) in [6, 6.07) is 67.5. The van der Waals surface area contributed by atoms with Crippen LogP contribution in [0.4, 0.5) is 0 Å². The average molecular weight is 826 g/mol. The Balaban J connectivity index is 1.07. The molecular weight excluding hydrogens is 779 g/mol. The topological polar surface area (TPSA) is 48.5 Å². The molecule has 12 rings (SSSR count). The lowest BCUT2D eigenvalue weighted by Gasteiger charge is -2.43. The summed E-state index contributed by atoms with van der Waals surface area (Å²) in [5.41, 5.74) is 15.5. The van der Waals surface area contributed by atoms with Gasteiger partial charge in [0.15, 0.2) is 11.6 Å². The fourth-order valence-electron chi connectivity index (χ4n) is 10.5. The van der Waals surface area contributed by atoms with Crippen LogP contribution in [-0.4, -0.2) is 24.1 Å². The smallest absolute Gasteiger partial charge is 0.238 e. The van der Waals surface area contributed by atoms with Crippen molar-refractivity contribution in [2.45, 2.75) is 51.4 Å². The van der Waals surface area contributed by atoms with E-state index in [4.69, 9.17) is 15.0 Å². The van der Waals surface area contributed by atoms with E-state index in [0.717, 1.165) is 55.2 Å². The van der Waals surface area contributed by atoms with Gasteiger partial charge in [-0.3, -0.25) is 4.57 Å². The Morgan fingerprint density at radius 1 is 0.391 bits per heavy atom. The van der Waals surface area contributed by atoms with Gasteiger partial charge in [-0.15, -0.1) is 0 Å². The van der Waals surface area contributed by atoms with Crippen molar-refractivity contribution in [3.8, 4) is 56.7 Å². The third-order valence-electron chi connectivity index (χ3n) is 13.8. The summed E-state index contributed by atoms with van der Waals surface area (Å²) in [4.78, 5) is 15.6. The Hall–Kier alpha value is -7.63. The predicted molar refractivity (Wildman–Crippen MR) is 266 cm³/mol. The Morgan fingerprint density at radius 3 is 1.55 bits per heavy atom. The van der Waals surface area contributed by atoms with Gasteiger partial charge >= 0.3 is 0 Å². The quantitative estimate of drug-likeness (QED) is 0.168. The van der Waals surface area contributed by atoms with Crippen LogP contribution in [0, 0.1) is 0 Å². The maximum absolute atomic E-state index is 5.29. The summed E-state index contributed by atoms with van der Waals surface area (Å²) < 4.78 is 4.70. The van der Waals surface area contributed by atoms with Crippen LogP contribution >= 0.6 is 0 Å². The van der Waals surface area contributed by atoms with Crippen LogP contribution in [0.1, 0.15) is 51.7 Å². The van der Waals surface area contributed by atoms with Crippen molar-refractivity contribution in [3.63, 3.8) is 0 Å². The molecule has 0 aliphatic heterocycles.